The number of nitrogens with one attached hydrogen (secondary N) is 2. The first-order chi connectivity index (χ1) is 11.7. The number of benzene rings is 2. The first-order valence-electron chi connectivity index (χ1n) is 7.27. The van der Waals surface area contributed by atoms with Crippen LogP contribution in [0.3, 0.4) is 0 Å². The Morgan fingerprint density at radius 3 is 2.58 bits per heavy atom. The van der Waals surface area contributed by atoms with Gasteiger partial charge in [0.15, 0.2) is 5.65 Å². The normalized spacial score (nSPS) is 10.9. The molecule has 6 nitrogen and oxygen atoms in total. The largest absolute Gasteiger partial charge is 0.350 e. The molecule has 0 amide bonds. The molecule has 0 aliphatic rings. The zero-order valence-corrected chi connectivity index (χ0v) is 12.4. The van der Waals surface area contributed by atoms with Crippen LogP contribution < -0.4 is 11.0 Å². The molecule has 0 atom stereocenters. The number of hydrogen-bond acceptors (Lipinski definition) is 4. The number of nitrogens with zero attached hydrogens (tertiary/aromatic N) is 3. The molecule has 118 valence electrons. The van der Waals surface area contributed by atoms with Gasteiger partial charge in [0.2, 0.25) is 5.95 Å². The van der Waals surface area contributed by atoms with Crippen LogP contribution in [-0.2, 0) is 0 Å². The molecular formula is C17H12FN5O. The average Bonchev–Trinajstić information content (AvgIpc) is 2.99. The van der Waals surface area contributed by atoms with E-state index in [1.807, 2.05) is 30.3 Å². The van der Waals surface area contributed by atoms with Crippen molar-refractivity contribution in [1.29, 1.82) is 0 Å². The molecule has 2 N–H and O–H groups in total. The molecule has 2 aromatic heterocycles. The number of halogens is 1. The molecule has 2 heterocycles. The summed E-state index contributed by atoms with van der Waals surface area (Å²) >= 11 is 0. The number of fused-ring (bicyclic) bond motifs is 1. The van der Waals surface area contributed by atoms with Crippen molar-refractivity contribution in [2.75, 3.05) is 5.32 Å². The van der Waals surface area contributed by atoms with Crippen LogP contribution in [0.2, 0.25) is 0 Å². The molecule has 0 bridgehead atoms. The molecule has 0 unspecified atom stereocenters. The van der Waals surface area contributed by atoms with Gasteiger partial charge in [0.1, 0.15) is 5.82 Å². The van der Waals surface area contributed by atoms with E-state index in [1.54, 1.807) is 24.3 Å². The van der Waals surface area contributed by atoms with E-state index in [0.717, 1.165) is 5.56 Å². The zero-order valence-electron chi connectivity index (χ0n) is 12.4. The smallest absolute Gasteiger partial charge is 0.323 e. The second-order valence-corrected chi connectivity index (χ2v) is 5.16. The molecule has 7 heteroatoms. The van der Waals surface area contributed by atoms with Gasteiger partial charge in [0.25, 0.3) is 0 Å². The van der Waals surface area contributed by atoms with Crippen molar-refractivity contribution < 1.29 is 4.39 Å². The Balaban J connectivity index is 1.91. The number of aromatic nitrogens is 4. The van der Waals surface area contributed by atoms with E-state index in [9.17, 15) is 9.18 Å². The lowest BCUT2D eigenvalue weighted by molar-refractivity contribution is 0.631. The number of rotatable bonds is 3. The zero-order chi connectivity index (χ0) is 16.5. The Morgan fingerprint density at radius 2 is 1.79 bits per heavy atom. The topological polar surface area (TPSA) is 75.1 Å². The SMILES string of the molecule is O=c1[nH]nc2cc(-c3ccccc3)nc(Nc3ccccc3F)n12. The van der Waals surface area contributed by atoms with Crippen LogP contribution in [0.1, 0.15) is 0 Å². The number of aromatic amines is 1. The Kier molecular flexibility index (Phi) is 3.31. The summed E-state index contributed by atoms with van der Waals surface area (Å²) in [5, 5.41) is 9.23. The average molecular weight is 321 g/mol. The minimum atomic E-state index is -0.448. The Labute approximate surface area is 135 Å². The summed E-state index contributed by atoms with van der Waals surface area (Å²) in [4.78, 5) is 16.5. The predicted octanol–water partition coefficient (Wildman–Crippen LogP) is 2.97. The summed E-state index contributed by atoms with van der Waals surface area (Å²) in [5.74, 6) is -0.246. The second kappa shape index (κ2) is 5.62. The van der Waals surface area contributed by atoms with Gasteiger partial charge in [-0.25, -0.2) is 23.7 Å². The summed E-state index contributed by atoms with van der Waals surface area (Å²) in [5.41, 5.74) is 1.67. The van der Waals surface area contributed by atoms with Crippen molar-refractivity contribution in [2.45, 2.75) is 0 Å². The lowest BCUT2D eigenvalue weighted by Crippen LogP contribution is -2.15. The fraction of sp³-hybridized carbons (Fsp3) is 0. The van der Waals surface area contributed by atoms with Gasteiger partial charge in [-0.05, 0) is 12.1 Å². The fourth-order valence-corrected chi connectivity index (χ4v) is 2.45. The first-order valence-corrected chi connectivity index (χ1v) is 7.27. The van der Waals surface area contributed by atoms with Crippen molar-refractivity contribution >= 4 is 17.3 Å². The molecule has 0 saturated heterocycles. The van der Waals surface area contributed by atoms with Crippen molar-refractivity contribution in [3.05, 3.63) is 77.0 Å². The van der Waals surface area contributed by atoms with E-state index in [2.05, 4.69) is 20.5 Å². The van der Waals surface area contributed by atoms with E-state index >= 15 is 0 Å². The van der Waals surface area contributed by atoms with Gasteiger partial charge in [0, 0.05) is 11.6 Å². The Bertz CT molecular complexity index is 1070. The van der Waals surface area contributed by atoms with E-state index < -0.39 is 11.5 Å². The lowest BCUT2D eigenvalue weighted by Gasteiger charge is -2.10. The maximum absolute atomic E-state index is 13.9. The third kappa shape index (κ3) is 2.41. The highest BCUT2D eigenvalue weighted by atomic mass is 19.1. The van der Waals surface area contributed by atoms with Crippen LogP contribution in [0, 0.1) is 5.82 Å². The number of H-pyrrole nitrogens is 1. The summed E-state index contributed by atoms with van der Waals surface area (Å²) in [7, 11) is 0. The highest BCUT2D eigenvalue weighted by Gasteiger charge is 2.13. The van der Waals surface area contributed by atoms with Gasteiger partial charge >= 0.3 is 5.69 Å². The standard InChI is InChI=1S/C17H12FN5O/c18-12-8-4-5-9-13(12)19-16-20-14(11-6-2-1-3-7-11)10-15-21-22-17(24)23(15)16/h1-10H,(H,19,20)(H,22,24). The maximum atomic E-state index is 13.9. The molecule has 0 fully saturated rings. The third-order valence-electron chi connectivity index (χ3n) is 3.59. The molecule has 24 heavy (non-hydrogen) atoms. The van der Waals surface area contributed by atoms with Gasteiger partial charge in [-0.2, -0.15) is 5.10 Å². The quantitative estimate of drug-likeness (QED) is 0.608. The van der Waals surface area contributed by atoms with Crippen LogP contribution in [0.25, 0.3) is 16.9 Å². The van der Waals surface area contributed by atoms with Crippen molar-refractivity contribution in [3.63, 3.8) is 0 Å². The van der Waals surface area contributed by atoms with Crippen molar-refractivity contribution in [1.82, 2.24) is 19.6 Å². The van der Waals surface area contributed by atoms with Crippen LogP contribution >= 0.6 is 0 Å². The van der Waals surface area contributed by atoms with Crippen LogP contribution in [-0.4, -0.2) is 19.6 Å². The fourth-order valence-electron chi connectivity index (χ4n) is 2.45. The van der Waals surface area contributed by atoms with E-state index in [0.29, 0.717) is 11.3 Å². The van der Waals surface area contributed by atoms with E-state index in [1.165, 1.54) is 10.5 Å². The first kappa shape index (κ1) is 14.1. The minimum absolute atomic E-state index is 0.190. The molecule has 0 aliphatic carbocycles. The lowest BCUT2D eigenvalue weighted by atomic mass is 10.1. The minimum Gasteiger partial charge on any atom is -0.323 e. The summed E-state index contributed by atoms with van der Waals surface area (Å²) in [6.45, 7) is 0. The van der Waals surface area contributed by atoms with Crippen LogP contribution in [0.4, 0.5) is 16.0 Å². The number of anilines is 2. The van der Waals surface area contributed by atoms with Crippen molar-refractivity contribution in [2.24, 2.45) is 0 Å². The summed E-state index contributed by atoms with van der Waals surface area (Å²) < 4.78 is 15.2. The molecule has 0 spiro atoms. The van der Waals surface area contributed by atoms with Gasteiger partial charge in [-0.15, -0.1) is 0 Å². The number of para-hydroxylation sites is 1. The Hall–Kier alpha value is -3.48. The molecule has 4 aromatic rings. The second-order valence-electron chi connectivity index (χ2n) is 5.16. The molecule has 2 aromatic carbocycles. The van der Waals surface area contributed by atoms with Crippen molar-refractivity contribution in [3.8, 4) is 11.3 Å². The van der Waals surface area contributed by atoms with Crippen LogP contribution in [0.15, 0.2) is 65.5 Å². The predicted molar refractivity (Wildman–Crippen MR) is 88.7 cm³/mol. The molecule has 4 rings (SSSR count). The van der Waals surface area contributed by atoms with Crippen LogP contribution in [0.5, 0.6) is 0 Å². The molecular weight excluding hydrogens is 309 g/mol. The van der Waals surface area contributed by atoms with E-state index in [-0.39, 0.29) is 11.6 Å². The van der Waals surface area contributed by atoms with E-state index in [4.69, 9.17) is 0 Å². The number of hydrogen-bond donors (Lipinski definition) is 2. The summed E-state index contributed by atoms with van der Waals surface area (Å²) in [6.07, 6.45) is 0. The maximum Gasteiger partial charge on any atom is 0.350 e. The van der Waals surface area contributed by atoms with Gasteiger partial charge in [-0.3, -0.25) is 0 Å². The highest BCUT2D eigenvalue weighted by Crippen LogP contribution is 2.23. The van der Waals surface area contributed by atoms with Gasteiger partial charge in [-0.1, -0.05) is 42.5 Å². The molecule has 0 saturated carbocycles. The molecule has 0 radical (unpaired) electrons. The Morgan fingerprint density at radius 1 is 1.04 bits per heavy atom. The monoisotopic (exact) mass is 321 g/mol. The van der Waals surface area contributed by atoms with Gasteiger partial charge < -0.3 is 5.32 Å². The molecule has 0 aliphatic heterocycles. The third-order valence-corrected chi connectivity index (χ3v) is 3.59. The van der Waals surface area contributed by atoms with Gasteiger partial charge in [0.05, 0.1) is 11.4 Å². The highest BCUT2D eigenvalue weighted by molar-refractivity contribution is 5.67. The summed E-state index contributed by atoms with van der Waals surface area (Å²) in [6, 6.07) is 17.4.